The molecular weight excluding hydrogens is 446 g/mol. The summed E-state index contributed by atoms with van der Waals surface area (Å²) in [7, 11) is 0. The molecule has 7 rings (SSSR count). The monoisotopic (exact) mass is 465 g/mol. The molecule has 168 valence electrons. The number of rotatable bonds is 1. The highest BCUT2D eigenvalue weighted by molar-refractivity contribution is 6.35. The van der Waals surface area contributed by atoms with E-state index in [1.807, 2.05) is 6.07 Å². The molecule has 3 saturated heterocycles. The van der Waals surface area contributed by atoms with Gasteiger partial charge in [-0.3, -0.25) is 19.3 Å². The highest BCUT2D eigenvalue weighted by Crippen LogP contribution is 2.61. The van der Waals surface area contributed by atoms with Crippen LogP contribution in [0.2, 0.25) is 5.02 Å². The number of anilines is 2. The molecule has 9 heteroatoms. The molecule has 5 aliphatic rings. The highest BCUT2D eigenvalue weighted by atomic mass is 35.5. The fraction of sp³-hybridized carbons (Fsp3) is 0.375. The maximum Gasteiger partial charge on any atom is 0.250 e. The second kappa shape index (κ2) is 6.48. The van der Waals surface area contributed by atoms with E-state index < -0.39 is 17.4 Å². The number of carbonyl (C=O) groups is 3. The first-order valence-electron chi connectivity index (χ1n) is 11.2. The molecule has 8 nitrogen and oxygen atoms in total. The van der Waals surface area contributed by atoms with E-state index in [1.54, 1.807) is 30.3 Å². The number of hydrogen-bond donors (Lipinski definition) is 1. The van der Waals surface area contributed by atoms with Crippen LogP contribution in [0.3, 0.4) is 0 Å². The van der Waals surface area contributed by atoms with Gasteiger partial charge in [0.15, 0.2) is 11.5 Å². The number of fused-ring (bicyclic) bond motifs is 8. The molecule has 3 amide bonds. The van der Waals surface area contributed by atoms with Crippen LogP contribution in [0.15, 0.2) is 36.4 Å². The number of ether oxygens (including phenoxy) is 2. The summed E-state index contributed by atoms with van der Waals surface area (Å²) in [5, 5.41) is 3.35. The predicted molar refractivity (Wildman–Crippen MR) is 118 cm³/mol. The minimum Gasteiger partial charge on any atom is -0.486 e. The van der Waals surface area contributed by atoms with Gasteiger partial charge in [0.1, 0.15) is 18.8 Å². The number of imide groups is 1. The molecule has 5 heterocycles. The van der Waals surface area contributed by atoms with Crippen LogP contribution in [-0.4, -0.2) is 48.4 Å². The van der Waals surface area contributed by atoms with Gasteiger partial charge in [0.2, 0.25) is 11.8 Å². The number of nitrogens with zero attached hydrogens (tertiary/aromatic N) is 2. The van der Waals surface area contributed by atoms with Crippen molar-refractivity contribution in [3.8, 4) is 11.5 Å². The van der Waals surface area contributed by atoms with Gasteiger partial charge in [-0.25, -0.2) is 4.90 Å². The van der Waals surface area contributed by atoms with Crippen LogP contribution >= 0.6 is 11.6 Å². The minimum atomic E-state index is -1.23. The molecule has 1 N–H and O–H groups in total. The topological polar surface area (TPSA) is 88.2 Å². The largest absolute Gasteiger partial charge is 0.486 e. The Morgan fingerprint density at radius 3 is 2.70 bits per heavy atom. The molecule has 0 aliphatic carbocycles. The normalized spacial score (nSPS) is 31.7. The summed E-state index contributed by atoms with van der Waals surface area (Å²) in [4.78, 5) is 44.7. The van der Waals surface area contributed by atoms with Gasteiger partial charge in [0, 0.05) is 17.7 Å². The van der Waals surface area contributed by atoms with Crippen LogP contribution in [-0.2, 0) is 19.9 Å². The Bertz CT molecular complexity index is 1260. The molecule has 0 saturated carbocycles. The van der Waals surface area contributed by atoms with Gasteiger partial charge in [0.05, 0.1) is 28.2 Å². The van der Waals surface area contributed by atoms with Crippen LogP contribution in [0.25, 0.3) is 0 Å². The molecule has 0 aromatic heterocycles. The zero-order valence-corrected chi connectivity index (χ0v) is 18.3. The van der Waals surface area contributed by atoms with Crippen LogP contribution in [0.4, 0.5) is 11.4 Å². The molecular formula is C24H20ClN3O5. The number of benzene rings is 2. The number of nitrogens with one attached hydrogen (secondary N) is 1. The van der Waals surface area contributed by atoms with Crippen molar-refractivity contribution in [2.75, 3.05) is 30.0 Å². The molecule has 1 spiro atoms. The first-order valence-corrected chi connectivity index (χ1v) is 11.6. The van der Waals surface area contributed by atoms with E-state index in [9.17, 15) is 14.4 Å². The maximum atomic E-state index is 14.0. The van der Waals surface area contributed by atoms with Crippen molar-refractivity contribution in [3.05, 3.63) is 47.0 Å². The summed E-state index contributed by atoms with van der Waals surface area (Å²) in [5.74, 6) is -1.23. The quantitative estimate of drug-likeness (QED) is 0.651. The lowest BCUT2D eigenvalue weighted by molar-refractivity contribution is -0.135. The van der Waals surface area contributed by atoms with Crippen LogP contribution in [0.5, 0.6) is 11.5 Å². The van der Waals surface area contributed by atoms with Crippen molar-refractivity contribution in [3.63, 3.8) is 0 Å². The first-order chi connectivity index (χ1) is 16.0. The standard InChI is InChI=1S/C24H20ClN3O5/c25-14-4-1-3-13-20(14)26-23(31)24(13)19-18(15-5-2-8-27(15)24)21(29)28(22(19)30)12-6-7-16-17(11-12)33-10-9-32-16/h1,3-4,6-7,11,15,18-19H,2,5,8-10H2,(H,26,31)/t15-,18+,19-,24+/m1/s1. The Morgan fingerprint density at radius 1 is 1.03 bits per heavy atom. The molecule has 0 bridgehead atoms. The Hall–Kier alpha value is -3.10. The van der Waals surface area contributed by atoms with Crippen LogP contribution < -0.4 is 19.7 Å². The molecule has 2 aromatic rings. The lowest BCUT2D eigenvalue weighted by Gasteiger charge is -2.36. The summed E-state index contributed by atoms with van der Waals surface area (Å²) >= 11 is 6.42. The third-order valence-corrected chi connectivity index (χ3v) is 8.08. The van der Waals surface area contributed by atoms with Crippen molar-refractivity contribution in [1.82, 2.24) is 4.90 Å². The lowest BCUT2D eigenvalue weighted by Crippen LogP contribution is -2.54. The third-order valence-electron chi connectivity index (χ3n) is 7.76. The van der Waals surface area contributed by atoms with Gasteiger partial charge in [-0.2, -0.15) is 0 Å². The third kappa shape index (κ3) is 2.23. The van der Waals surface area contributed by atoms with Gasteiger partial charge in [-0.15, -0.1) is 0 Å². The van der Waals surface area contributed by atoms with Crippen LogP contribution in [0.1, 0.15) is 18.4 Å². The summed E-state index contributed by atoms with van der Waals surface area (Å²) in [5.41, 5.74) is 0.424. The van der Waals surface area contributed by atoms with Gasteiger partial charge < -0.3 is 14.8 Å². The molecule has 33 heavy (non-hydrogen) atoms. The number of para-hydroxylation sites is 1. The Kier molecular flexibility index (Phi) is 3.81. The minimum absolute atomic E-state index is 0.177. The average molecular weight is 466 g/mol. The second-order valence-corrected chi connectivity index (χ2v) is 9.54. The van der Waals surface area contributed by atoms with E-state index in [1.165, 1.54) is 4.90 Å². The second-order valence-electron chi connectivity index (χ2n) is 9.13. The van der Waals surface area contributed by atoms with E-state index in [0.717, 1.165) is 12.8 Å². The predicted octanol–water partition coefficient (Wildman–Crippen LogP) is 2.54. The molecule has 2 aromatic carbocycles. The number of carbonyl (C=O) groups excluding carboxylic acids is 3. The molecule has 0 unspecified atom stereocenters. The van der Waals surface area contributed by atoms with E-state index in [4.69, 9.17) is 21.1 Å². The molecule has 0 radical (unpaired) electrons. The van der Waals surface area contributed by atoms with Gasteiger partial charge in [-0.05, 0) is 37.6 Å². The van der Waals surface area contributed by atoms with Crippen LogP contribution in [0, 0.1) is 11.8 Å². The number of hydrogen-bond acceptors (Lipinski definition) is 6. The van der Waals surface area contributed by atoms with E-state index in [-0.39, 0.29) is 23.8 Å². The SMILES string of the molecule is O=C1[C@H]2[C@H]3CCCN3[C@]3(C(=O)Nc4c(Cl)cccc43)[C@H]2C(=O)N1c1ccc2c(c1)OCCO2. The first kappa shape index (κ1) is 19.4. The molecule has 3 fully saturated rings. The van der Waals surface area contributed by atoms with Gasteiger partial charge >= 0.3 is 0 Å². The van der Waals surface area contributed by atoms with E-state index in [2.05, 4.69) is 10.2 Å². The summed E-state index contributed by atoms with van der Waals surface area (Å²) in [6.45, 7) is 1.51. The van der Waals surface area contributed by atoms with Gasteiger partial charge in [0.25, 0.3) is 5.91 Å². The Labute approximate surface area is 194 Å². The zero-order chi connectivity index (χ0) is 22.5. The highest BCUT2D eigenvalue weighted by Gasteiger charge is 2.74. The molecule has 4 atom stereocenters. The lowest BCUT2D eigenvalue weighted by atomic mass is 9.75. The average Bonchev–Trinajstić information content (AvgIpc) is 3.53. The van der Waals surface area contributed by atoms with Crippen molar-refractivity contribution in [1.29, 1.82) is 0 Å². The maximum absolute atomic E-state index is 14.0. The zero-order valence-electron chi connectivity index (χ0n) is 17.5. The summed E-state index contributed by atoms with van der Waals surface area (Å²) < 4.78 is 11.2. The van der Waals surface area contributed by atoms with Crippen molar-refractivity contribution in [2.24, 2.45) is 11.8 Å². The fourth-order valence-corrected chi connectivity index (χ4v) is 6.84. The smallest absolute Gasteiger partial charge is 0.250 e. The Balaban J connectivity index is 1.39. The number of halogens is 1. The van der Waals surface area contributed by atoms with E-state index in [0.29, 0.717) is 53.2 Å². The van der Waals surface area contributed by atoms with Crippen molar-refractivity contribution >= 4 is 40.7 Å². The van der Waals surface area contributed by atoms with Crippen molar-refractivity contribution < 1.29 is 23.9 Å². The number of amides is 3. The summed E-state index contributed by atoms with van der Waals surface area (Å²) in [6, 6.07) is 10.3. The molecule has 5 aliphatic heterocycles. The van der Waals surface area contributed by atoms with E-state index >= 15 is 0 Å². The van der Waals surface area contributed by atoms with Crippen molar-refractivity contribution in [2.45, 2.75) is 24.4 Å². The Morgan fingerprint density at radius 2 is 1.85 bits per heavy atom. The van der Waals surface area contributed by atoms with Gasteiger partial charge in [-0.1, -0.05) is 23.7 Å². The fourth-order valence-electron chi connectivity index (χ4n) is 6.62. The summed E-state index contributed by atoms with van der Waals surface area (Å²) in [6.07, 6.45) is 1.63.